The number of thioether (sulfide) groups is 1. The first-order chi connectivity index (χ1) is 10.9. The first-order valence-electron chi connectivity index (χ1n) is 8.14. The summed E-state index contributed by atoms with van der Waals surface area (Å²) >= 11 is 1.40. The van der Waals surface area contributed by atoms with Crippen molar-refractivity contribution in [1.29, 1.82) is 0 Å². The Labute approximate surface area is 142 Å². The van der Waals surface area contributed by atoms with Gasteiger partial charge in [-0.15, -0.1) is 0 Å². The molecule has 0 unspecified atom stereocenters. The Kier molecular flexibility index (Phi) is 6.04. The summed E-state index contributed by atoms with van der Waals surface area (Å²) in [5.41, 5.74) is 0.856. The largest absolute Gasteiger partial charge is 0.354 e. The van der Waals surface area contributed by atoms with Crippen LogP contribution in [0.4, 0.5) is 5.69 Å². The van der Waals surface area contributed by atoms with Crippen LogP contribution in [-0.2, 0) is 9.59 Å². The number of hydrogen-bond acceptors (Lipinski definition) is 4. The molecule has 0 aromatic carbocycles. The van der Waals surface area contributed by atoms with Gasteiger partial charge in [-0.1, -0.05) is 32.5 Å². The van der Waals surface area contributed by atoms with Crippen LogP contribution in [0.15, 0.2) is 23.4 Å². The zero-order chi connectivity index (χ0) is 17.0. The molecule has 0 aliphatic carbocycles. The van der Waals surface area contributed by atoms with Gasteiger partial charge in [0.25, 0.3) is 0 Å². The Hall–Kier alpha value is -1.56. The molecular formula is C17H25N3O2S. The van der Waals surface area contributed by atoms with Crippen LogP contribution >= 0.6 is 11.8 Å². The first-order valence-corrected chi connectivity index (χ1v) is 9.02. The summed E-state index contributed by atoms with van der Waals surface area (Å²) in [6.07, 6.45) is 2.80. The minimum atomic E-state index is -0.403. The van der Waals surface area contributed by atoms with Gasteiger partial charge in [0, 0.05) is 25.2 Å². The van der Waals surface area contributed by atoms with Crippen molar-refractivity contribution in [2.75, 3.05) is 11.4 Å². The molecule has 2 atom stereocenters. The molecule has 1 aromatic rings. The number of nitrogens with zero attached hydrogens (tertiary/aromatic N) is 2. The lowest BCUT2D eigenvalue weighted by Gasteiger charge is -2.33. The second-order valence-corrected chi connectivity index (χ2v) is 7.55. The van der Waals surface area contributed by atoms with Crippen molar-refractivity contribution in [3.8, 4) is 0 Å². The fourth-order valence-corrected chi connectivity index (χ4v) is 3.60. The lowest BCUT2D eigenvalue weighted by molar-refractivity contribution is -0.125. The molecule has 0 saturated heterocycles. The van der Waals surface area contributed by atoms with E-state index >= 15 is 0 Å². The molecule has 0 bridgehead atoms. The van der Waals surface area contributed by atoms with Crippen LogP contribution in [0.5, 0.6) is 0 Å². The zero-order valence-corrected chi connectivity index (χ0v) is 15.0. The zero-order valence-electron chi connectivity index (χ0n) is 14.2. The van der Waals surface area contributed by atoms with E-state index < -0.39 is 5.25 Å². The van der Waals surface area contributed by atoms with Crippen molar-refractivity contribution >= 4 is 29.3 Å². The summed E-state index contributed by atoms with van der Waals surface area (Å²) in [5.74, 6) is 0.280. The van der Waals surface area contributed by atoms with Crippen LogP contribution in [0, 0.1) is 5.92 Å². The van der Waals surface area contributed by atoms with Gasteiger partial charge in [-0.25, -0.2) is 4.98 Å². The van der Waals surface area contributed by atoms with Gasteiger partial charge in [0.15, 0.2) is 0 Å². The number of fused-ring (bicyclic) bond motifs is 1. The van der Waals surface area contributed by atoms with Crippen molar-refractivity contribution in [2.45, 2.75) is 56.9 Å². The Balaban J connectivity index is 2.17. The molecule has 1 aliphatic rings. The second-order valence-electron chi connectivity index (χ2n) is 6.36. The third-order valence-corrected chi connectivity index (χ3v) is 4.97. The fraction of sp³-hybridized carbons (Fsp3) is 0.588. The predicted molar refractivity (Wildman–Crippen MR) is 93.6 cm³/mol. The molecule has 1 N–H and O–H groups in total. The Morgan fingerprint density at radius 1 is 1.43 bits per heavy atom. The van der Waals surface area contributed by atoms with Crippen molar-refractivity contribution in [3.63, 3.8) is 0 Å². The van der Waals surface area contributed by atoms with Crippen LogP contribution < -0.4 is 10.2 Å². The molecule has 23 heavy (non-hydrogen) atoms. The summed E-state index contributed by atoms with van der Waals surface area (Å²) in [7, 11) is 0. The molecule has 2 heterocycles. The van der Waals surface area contributed by atoms with Crippen LogP contribution in [0.25, 0.3) is 0 Å². The number of carbonyl (C=O) groups excluding carboxylic acids is 2. The summed E-state index contributed by atoms with van der Waals surface area (Å²) in [6, 6.07) is 3.89. The van der Waals surface area contributed by atoms with Gasteiger partial charge in [-0.2, -0.15) is 0 Å². The van der Waals surface area contributed by atoms with E-state index in [0.29, 0.717) is 12.5 Å². The Bertz CT molecular complexity index is 577. The lowest BCUT2D eigenvalue weighted by Crippen LogP contribution is -2.45. The topological polar surface area (TPSA) is 62.3 Å². The van der Waals surface area contributed by atoms with E-state index in [4.69, 9.17) is 0 Å². The minimum absolute atomic E-state index is 0.00324. The summed E-state index contributed by atoms with van der Waals surface area (Å²) in [4.78, 5) is 31.1. The highest BCUT2D eigenvalue weighted by atomic mass is 32.2. The maximum atomic E-state index is 12.8. The maximum absolute atomic E-state index is 12.8. The fourth-order valence-electron chi connectivity index (χ4n) is 2.44. The van der Waals surface area contributed by atoms with Gasteiger partial charge in [0.05, 0.1) is 10.9 Å². The summed E-state index contributed by atoms with van der Waals surface area (Å²) in [5, 5.41) is 3.36. The van der Waals surface area contributed by atoms with Crippen LogP contribution in [0.3, 0.4) is 0 Å². The van der Waals surface area contributed by atoms with Crippen molar-refractivity contribution in [1.82, 2.24) is 10.3 Å². The molecular weight excluding hydrogens is 310 g/mol. The van der Waals surface area contributed by atoms with Crippen molar-refractivity contribution < 1.29 is 9.59 Å². The third kappa shape index (κ3) is 4.47. The van der Waals surface area contributed by atoms with Crippen LogP contribution in [0.2, 0.25) is 0 Å². The molecule has 0 fully saturated rings. The van der Waals surface area contributed by atoms with E-state index in [1.807, 2.05) is 26.0 Å². The van der Waals surface area contributed by atoms with E-state index in [9.17, 15) is 9.59 Å². The monoisotopic (exact) mass is 335 g/mol. The highest BCUT2D eigenvalue weighted by Crippen LogP contribution is 2.39. The molecule has 126 valence electrons. The number of carbonyl (C=O) groups is 2. The molecule has 1 aliphatic heterocycles. The molecule has 6 heteroatoms. The second kappa shape index (κ2) is 7.81. The van der Waals surface area contributed by atoms with E-state index in [2.05, 4.69) is 24.1 Å². The number of hydrogen-bond donors (Lipinski definition) is 1. The van der Waals surface area contributed by atoms with E-state index in [1.54, 1.807) is 11.1 Å². The number of pyridine rings is 1. The molecule has 0 radical (unpaired) electrons. The number of amides is 2. The lowest BCUT2D eigenvalue weighted by atomic mass is 10.1. The highest BCUT2D eigenvalue weighted by molar-refractivity contribution is 8.00. The maximum Gasteiger partial charge on any atom is 0.241 e. The van der Waals surface area contributed by atoms with E-state index in [1.165, 1.54) is 11.8 Å². The smallest absolute Gasteiger partial charge is 0.241 e. The van der Waals surface area contributed by atoms with Gasteiger partial charge in [0.2, 0.25) is 11.8 Å². The van der Waals surface area contributed by atoms with Gasteiger partial charge >= 0.3 is 0 Å². The third-order valence-electron chi connectivity index (χ3n) is 3.78. The van der Waals surface area contributed by atoms with Gasteiger partial charge < -0.3 is 10.2 Å². The SMILES string of the molecule is CC[C@H](C)NC(=O)C[C@@H]1Sc2ncccc2N(CC(C)C)C1=O. The molecule has 0 spiro atoms. The minimum Gasteiger partial charge on any atom is -0.354 e. The molecule has 2 rings (SSSR count). The van der Waals surface area contributed by atoms with E-state index in [-0.39, 0.29) is 24.3 Å². The first kappa shape index (κ1) is 17.8. The van der Waals surface area contributed by atoms with E-state index in [0.717, 1.165) is 17.1 Å². The molecule has 5 nitrogen and oxygen atoms in total. The number of rotatable bonds is 6. The van der Waals surface area contributed by atoms with Crippen molar-refractivity contribution in [3.05, 3.63) is 18.3 Å². The van der Waals surface area contributed by atoms with Crippen LogP contribution in [-0.4, -0.2) is 34.6 Å². The quantitative estimate of drug-likeness (QED) is 0.868. The molecule has 2 amide bonds. The normalized spacial score (nSPS) is 18.7. The summed E-state index contributed by atoms with van der Waals surface area (Å²) < 4.78 is 0. The highest BCUT2D eigenvalue weighted by Gasteiger charge is 2.35. The predicted octanol–water partition coefficient (Wildman–Crippen LogP) is 2.85. The van der Waals surface area contributed by atoms with Crippen molar-refractivity contribution in [2.24, 2.45) is 5.92 Å². The number of anilines is 1. The summed E-state index contributed by atoms with van der Waals surface area (Å²) in [6.45, 7) is 8.79. The molecule has 0 saturated carbocycles. The Morgan fingerprint density at radius 2 is 2.17 bits per heavy atom. The van der Waals surface area contributed by atoms with Gasteiger partial charge in [-0.05, 0) is 31.4 Å². The standard InChI is InChI=1S/C17H25N3O2S/c1-5-12(4)19-15(21)9-14-17(22)20(10-11(2)3)13-7-6-8-18-16(13)23-14/h6-8,11-12,14H,5,9-10H2,1-4H3,(H,19,21)/t12-,14-/m0/s1. The molecule has 1 aromatic heterocycles. The Morgan fingerprint density at radius 3 is 2.83 bits per heavy atom. The van der Waals surface area contributed by atoms with Crippen LogP contribution in [0.1, 0.15) is 40.5 Å². The van der Waals surface area contributed by atoms with Gasteiger partial charge in [0.1, 0.15) is 5.03 Å². The number of nitrogens with one attached hydrogen (secondary N) is 1. The number of aromatic nitrogens is 1. The average molecular weight is 335 g/mol. The average Bonchev–Trinajstić information content (AvgIpc) is 2.50. The van der Waals surface area contributed by atoms with Gasteiger partial charge in [-0.3, -0.25) is 9.59 Å².